The minimum absolute atomic E-state index is 0.0228. The van der Waals surface area contributed by atoms with E-state index in [4.69, 9.17) is 4.74 Å². The molecule has 2 aromatic rings. The van der Waals surface area contributed by atoms with Crippen molar-refractivity contribution < 1.29 is 18.7 Å². The summed E-state index contributed by atoms with van der Waals surface area (Å²) in [5.74, 6) is -0.417. The molecule has 1 unspecified atom stereocenters. The van der Waals surface area contributed by atoms with Crippen molar-refractivity contribution in [3.63, 3.8) is 0 Å². The fraction of sp³-hybridized carbons (Fsp3) is 0.333. The van der Waals surface area contributed by atoms with Crippen LogP contribution in [0.15, 0.2) is 54.6 Å². The Morgan fingerprint density at radius 3 is 2.59 bits per heavy atom. The van der Waals surface area contributed by atoms with Crippen molar-refractivity contribution in [2.45, 2.75) is 18.9 Å². The third kappa shape index (κ3) is 5.62. The number of morpholine rings is 1. The standard InChI is InChI=1S/C21H23FN2O3/c22-18-8-6-17(7-9-18)19-15-24(12-13-27-19)21(26)10-11-23-20(25)14-16-4-2-1-3-5-16/h1-9,19H,10-15H2,(H,23,25). The van der Waals surface area contributed by atoms with Gasteiger partial charge < -0.3 is 15.0 Å². The number of halogens is 1. The summed E-state index contributed by atoms with van der Waals surface area (Å²) in [6.07, 6.45) is 0.298. The highest BCUT2D eigenvalue weighted by Crippen LogP contribution is 2.22. The van der Waals surface area contributed by atoms with Crippen molar-refractivity contribution in [3.8, 4) is 0 Å². The molecule has 1 saturated heterocycles. The SMILES string of the molecule is O=C(Cc1ccccc1)NCCC(=O)N1CCOC(c2ccc(F)cc2)C1. The average molecular weight is 370 g/mol. The van der Waals surface area contributed by atoms with Gasteiger partial charge in [0.05, 0.1) is 19.6 Å². The fourth-order valence-corrected chi connectivity index (χ4v) is 3.07. The molecule has 3 rings (SSSR count). The zero-order chi connectivity index (χ0) is 19.1. The quantitative estimate of drug-likeness (QED) is 0.850. The summed E-state index contributed by atoms with van der Waals surface area (Å²) in [5, 5.41) is 2.79. The highest BCUT2D eigenvalue weighted by Gasteiger charge is 2.25. The third-order valence-electron chi connectivity index (χ3n) is 4.53. The first-order chi connectivity index (χ1) is 13.1. The predicted molar refractivity (Wildman–Crippen MR) is 99.4 cm³/mol. The number of ether oxygens (including phenoxy) is 1. The van der Waals surface area contributed by atoms with Gasteiger partial charge in [-0.3, -0.25) is 9.59 Å². The lowest BCUT2D eigenvalue weighted by Gasteiger charge is -2.33. The molecular weight excluding hydrogens is 347 g/mol. The summed E-state index contributed by atoms with van der Waals surface area (Å²) in [6.45, 7) is 1.70. The van der Waals surface area contributed by atoms with E-state index in [9.17, 15) is 14.0 Å². The molecule has 2 amide bonds. The lowest BCUT2D eigenvalue weighted by atomic mass is 10.1. The van der Waals surface area contributed by atoms with E-state index < -0.39 is 0 Å². The second kappa shape index (κ2) is 9.28. The van der Waals surface area contributed by atoms with E-state index in [-0.39, 0.29) is 30.2 Å². The number of hydrogen-bond donors (Lipinski definition) is 1. The number of carbonyl (C=O) groups excluding carboxylic acids is 2. The number of rotatable bonds is 6. The van der Waals surface area contributed by atoms with Crippen LogP contribution in [0.25, 0.3) is 0 Å². The number of benzene rings is 2. The Morgan fingerprint density at radius 1 is 1.11 bits per heavy atom. The van der Waals surface area contributed by atoms with E-state index in [1.165, 1.54) is 12.1 Å². The van der Waals surface area contributed by atoms with Crippen LogP contribution in [0.3, 0.4) is 0 Å². The molecule has 0 saturated carbocycles. The second-order valence-electron chi connectivity index (χ2n) is 6.51. The molecule has 1 aliphatic heterocycles. The normalized spacial score (nSPS) is 16.8. The minimum atomic E-state index is -0.297. The van der Waals surface area contributed by atoms with Crippen molar-refractivity contribution in [1.82, 2.24) is 10.2 Å². The van der Waals surface area contributed by atoms with Crippen molar-refractivity contribution >= 4 is 11.8 Å². The van der Waals surface area contributed by atoms with Crippen molar-refractivity contribution in [2.75, 3.05) is 26.2 Å². The molecular formula is C21H23FN2O3. The molecule has 1 N–H and O–H groups in total. The summed E-state index contributed by atoms with van der Waals surface area (Å²) in [4.78, 5) is 26.1. The minimum Gasteiger partial charge on any atom is -0.370 e. The highest BCUT2D eigenvalue weighted by atomic mass is 19.1. The van der Waals surface area contributed by atoms with Gasteiger partial charge in [-0.2, -0.15) is 0 Å². The molecule has 6 heteroatoms. The van der Waals surface area contributed by atoms with E-state index in [2.05, 4.69) is 5.32 Å². The summed E-state index contributed by atoms with van der Waals surface area (Å²) < 4.78 is 18.8. The Morgan fingerprint density at radius 2 is 1.85 bits per heavy atom. The molecule has 0 aliphatic carbocycles. The van der Waals surface area contributed by atoms with Crippen LogP contribution in [0.5, 0.6) is 0 Å². The van der Waals surface area contributed by atoms with Gasteiger partial charge in [-0.25, -0.2) is 4.39 Å². The van der Waals surface area contributed by atoms with Crippen molar-refractivity contribution in [1.29, 1.82) is 0 Å². The van der Waals surface area contributed by atoms with Gasteiger partial charge in [0.15, 0.2) is 0 Å². The monoisotopic (exact) mass is 370 g/mol. The Hall–Kier alpha value is -2.73. The maximum absolute atomic E-state index is 13.1. The van der Waals surface area contributed by atoms with Crippen molar-refractivity contribution in [3.05, 3.63) is 71.5 Å². The molecule has 0 spiro atoms. The van der Waals surface area contributed by atoms with Crippen LogP contribution in [0.4, 0.5) is 4.39 Å². The largest absolute Gasteiger partial charge is 0.370 e. The number of carbonyl (C=O) groups is 2. The van der Waals surface area contributed by atoms with Crippen LogP contribution in [0, 0.1) is 5.82 Å². The molecule has 1 atom stereocenters. The lowest BCUT2D eigenvalue weighted by molar-refractivity contribution is -0.139. The van der Waals surface area contributed by atoms with E-state index in [1.54, 1.807) is 17.0 Å². The van der Waals surface area contributed by atoms with Gasteiger partial charge in [-0.15, -0.1) is 0 Å². The Balaban J connectivity index is 1.43. The highest BCUT2D eigenvalue weighted by molar-refractivity contribution is 5.80. The summed E-state index contributed by atoms with van der Waals surface area (Å²) >= 11 is 0. The summed E-state index contributed by atoms with van der Waals surface area (Å²) in [6, 6.07) is 15.6. The van der Waals surface area contributed by atoms with Gasteiger partial charge in [0, 0.05) is 19.5 Å². The predicted octanol–water partition coefficient (Wildman–Crippen LogP) is 2.47. The number of nitrogens with one attached hydrogen (secondary N) is 1. The molecule has 1 aliphatic rings. The van der Waals surface area contributed by atoms with Crippen molar-refractivity contribution in [2.24, 2.45) is 0 Å². The molecule has 5 nitrogen and oxygen atoms in total. The van der Waals surface area contributed by atoms with Crippen LogP contribution in [0.1, 0.15) is 23.7 Å². The van der Waals surface area contributed by atoms with Gasteiger partial charge in [0.25, 0.3) is 0 Å². The molecule has 0 bridgehead atoms. The van der Waals surface area contributed by atoms with E-state index in [0.29, 0.717) is 32.7 Å². The molecule has 1 heterocycles. The maximum Gasteiger partial charge on any atom is 0.224 e. The van der Waals surface area contributed by atoms with Gasteiger partial charge in [0.1, 0.15) is 11.9 Å². The zero-order valence-electron chi connectivity index (χ0n) is 15.1. The molecule has 27 heavy (non-hydrogen) atoms. The summed E-state index contributed by atoms with van der Waals surface area (Å²) in [5.41, 5.74) is 1.79. The number of amides is 2. The number of hydrogen-bond acceptors (Lipinski definition) is 3. The molecule has 142 valence electrons. The topological polar surface area (TPSA) is 58.6 Å². The average Bonchev–Trinajstić information content (AvgIpc) is 2.69. The summed E-state index contributed by atoms with van der Waals surface area (Å²) in [7, 11) is 0. The van der Waals surface area contributed by atoms with Crippen LogP contribution in [-0.2, 0) is 20.7 Å². The molecule has 1 fully saturated rings. The van der Waals surface area contributed by atoms with Gasteiger partial charge in [-0.1, -0.05) is 42.5 Å². The maximum atomic E-state index is 13.1. The van der Waals surface area contributed by atoms with Crippen LogP contribution >= 0.6 is 0 Å². The smallest absolute Gasteiger partial charge is 0.224 e. The second-order valence-corrected chi connectivity index (χ2v) is 6.51. The van der Waals surface area contributed by atoms with E-state index in [1.807, 2.05) is 30.3 Å². The Bertz CT molecular complexity index is 765. The number of nitrogens with zero attached hydrogens (tertiary/aromatic N) is 1. The first-order valence-electron chi connectivity index (χ1n) is 9.07. The Kier molecular flexibility index (Phi) is 6.54. The van der Waals surface area contributed by atoms with Gasteiger partial charge >= 0.3 is 0 Å². The first kappa shape index (κ1) is 19.0. The van der Waals surface area contributed by atoms with E-state index in [0.717, 1.165) is 11.1 Å². The Labute approximate surface area is 158 Å². The molecule has 0 radical (unpaired) electrons. The molecule has 2 aromatic carbocycles. The first-order valence-corrected chi connectivity index (χ1v) is 9.07. The molecule has 0 aromatic heterocycles. The lowest BCUT2D eigenvalue weighted by Crippen LogP contribution is -2.43. The third-order valence-corrected chi connectivity index (χ3v) is 4.53. The fourth-order valence-electron chi connectivity index (χ4n) is 3.07. The van der Waals surface area contributed by atoms with Crippen LogP contribution in [0.2, 0.25) is 0 Å². The van der Waals surface area contributed by atoms with E-state index >= 15 is 0 Å². The van der Waals surface area contributed by atoms with Crippen LogP contribution < -0.4 is 5.32 Å². The van der Waals surface area contributed by atoms with Gasteiger partial charge in [0.2, 0.25) is 11.8 Å². The van der Waals surface area contributed by atoms with Gasteiger partial charge in [-0.05, 0) is 23.3 Å². The van der Waals surface area contributed by atoms with Crippen LogP contribution in [-0.4, -0.2) is 43.0 Å². The zero-order valence-corrected chi connectivity index (χ0v) is 15.1.